The van der Waals surface area contributed by atoms with Crippen LogP contribution in [0.4, 0.5) is 4.79 Å². The molecule has 7 heteroatoms. The molecule has 0 unspecified atom stereocenters. The number of carboxylic acids is 1. The van der Waals surface area contributed by atoms with Gasteiger partial charge in [-0.15, -0.1) is 0 Å². The summed E-state index contributed by atoms with van der Waals surface area (Å²) in [5, 5.41) is 14.4. The zero-order valence-corrected chi connectivity index (χ0v) is 20.0. The molecular weight excluding hydrogens is 444 g/mol. The number of nitrogens with one attached hydrogen (secondary N) is 2. The number of aliphatic carboxylic acids is 1. The van der Waals surface area contributed by atoms with Gasteiger partial charge in [0.1, 0.15) is 6.61 Å². The third kappa shape index (κ3) is 6.62. The zero-order chi connectivity index (χ0) is 24.6. The van der Waals surface area contributed by atoms with Crippen LogP contribution in [0.1, 0.15) is 62.0 Å². The van der Waals surface area contributed by atoms with Crippen LogP contribution in [0.2, 0.25) is 0 Å². The van der Waals surface area contributed by atoms with Crippen molar-refractivity contribution in [2.75, 3.05) is 19.7 Å². The summed E-state index contributed by atoms with van der Waals surface area (Å²) in [6.07, 6.45) is 5.05. The number of ether oxygens (including phenoxy) is 1. The molecule has 2 amide bonds. The number of hydrogen-bond donors (Lipinski definition) is 3. The summed E-state index contributed by atoms with van der Waals surface area (Å²) in [7, 11) is 0. The fourth-order valence-corrected chi connectivity index (χ4v) is 4.93. The van der Waals surface area contributed by atoms with E-state index in [2.05, 4.69) is 34.9 Å². The number of benzene rings is 2. The van der Waals surface area contributed by atoms with Gasteiger partial charge in [0.15, 0.2) is 0 Å². The van der Waals surface area contributed by atoms with E-state index >= 15 is 0 Å². The molecule has 35 heavy (non-hydrogen) atoms. The fourth-order valence-electron chi connectivity index (χ4n) is 4.93. The number of carboxylic acid groups (broad SMARTS) is 1. The number of carbonyl (C=O) groups is 3. The lowest BCUT2D eigenvalue weighted by Gasteiger charge is -2.14. The first-order valence-electron chi connectivity index (χ1n) is 12.6. The van der Waals surface area contributed by atoms with Crippen molar-refractivity contribution in [2.24, 2.45) is 11.8 Å². The van der Waals surface area contributed by atoms with Gasteiger partial charge in [-0.2, -0.15) is 0 Å². The largest absolute Gasteiger partial charge is 0.481 e. The Hall–Kier alpha value is -3.35. The molecule has 4 rings (SSSR count). The molecule has 1 saturated carbocycles. The van der Waals surface area contributed by atoms with E-state index in [9.17, 15) is 14.4 Å². The van der Waals surface area contributed by atoms with Crippen molar-refractivity contribution >= 4 is 18.0 Å². The van der Waals surface area contributed by atoms with Crippen molar-refractivity contribution in [3.63, 3.8) is 0 Å². The molecule has 0 saturated heterocycles. The maximum atomic E-state index is 12.3. The molecule has 0 bridgehead atoms. The van der Waals surface area contributed by atoms with Crippen LogP contribution in [-0.2, 0) is 14.3 Å². The number of hydrogen-bond acceptors (Lipinski definition) is 4. The summed E-state index contributed by atoms with van der Waals surface area (Å²) in [6, 6.07) is 16.5. The van der Waals surface area contributed by atoms with E-state index in [1.807, 2.05) is 24.3 Å². The molecule has 7 nitrogen and oxygen atoms in total. The van der Waals surface area contributed by atoms with Gasteiger partial charge in [-0.1, -0.05) is 67.8 Å². The maximum absolute atomic E-state index is 12.3. The standard InChI is InChI=1S/C28H34N2O5/c31-26(32)14-4-2-1-3-9-15-29-27(33)24-16-19(24)17-30-28(34)35-18-25-22-12-7-5-10-20(22)21-11-6-8-13-23(21)25/h5-8,10-13,19,24-25H,1-4,9,14-18H2,(H,29,33)(H,30,34)(H,31,32)/t19-,24-/m0/s1. The van der Waals surface area contributed by atoms with Gasteiger partial charge in [-0.05, 0) is 47.4 Å². The highest BCUT2D eigenvalue weighted by Crippen LogP contribution is 2.44. The Balaban J connectivity index is 1.10. The van der Waals surface area contributed by atoms with E-state index in [1.165, 1.54) is 22.3 Å². The molecule has 0 spiro atoms. The van der Waals surface area contributed by atoms with E-state index in [4.69, 9.17) is 9.84 Å². The molecule has 2 aromatic rings. The van der Waals surface area contributed by atoms with Crippen molar-refractivity contribution in [3.05, 3.63) is 59.7 Å². The van der Waals surface area contributed by atoms with Gasteiger partial charge in [-0.25, -0.2) is 4.79 Å². The highest BCUT2D eigenvalue weighted by molar-refractivity contribution is 5.82. The number of amides is 2. The second-order valence-corrected chi connectivity index (χ2v) is 9.51. The minimum Gasteiger partial charge on any atom is -0.481 e. The summed E-state index contributed by atoms with van der Waals surface area (Å²) in [5.74, 6) is -0.546. The first-order chi connectivity index (χ1) is 17.0. The van der Waals surface area contributed by atoms with Crippen molar-refractivity contribution in [2.45, 2.75) is 50.9 Å². The Bertz CT molecular complexity index is 1010. The lowest BCUT2D eigenvalue weighted by atomic mass is 9.98. The average Bonchev–Trinajstić information content (AvgIpc) is 3.58. The number of unbranched alkanes of at least 4 members (excludes halogenated alkanes) is 4. The smallest absolute Gasteiger partial charge is 0.407 e. The van der Waals surface area contributed by atoms with E-state index in [1.54, 1.807) is 0 Å². The van der Waals surface area contributed by atoms with Gasteiger partial charge in [0.05, 0.1) is 0 Å². The summed E-state index contributed by atoms with van der Waals surface area (Å²) in [6.45, 7) is 1.36. The third-order valence-corrected chi connectivity index (χ3v) is 6.98. The summed E-state index contributed by atoms with van der Waals surface area (Å²) >= 11 is 0. The predicted molar refractivity (Wildman–Crippen MR) is 133 cm³/mol. The van der Waals surface area contributed by atoms with Crippen LogP contribution in [0.25, 0.3) is 11.1 Å². The second kappa shape index (κ2) is 11.9. The van der Waals surface area contributed by atoms with Crippen LogP contribution in [0.15, 0.2) is 48.5 Å². The minimum absolute atomic E-state index is 0.0322. The van der Waals surface area contributed by atoms with E-state index in [-0.39, 0.29) is 36.7 Å². The average molecular weight is 479 g/mol. The van der Waals surface area contributed by atoms with Gasteiger partial charge in [0.25, 0.3) is 0 Å². The zero-order valence-electron chi connectivity index (χ0n) is 20.0. The molecule has 0 aromatic heterocycles. The molecule has 2 aromatic carbocycles. The molecule has 1 fully saturated rings. The molecule has 2 atom stereocenters. The molecule has 186 valence electrons. The summed E-state index contributed by atoms with van der Waals surface area (Å²) in [5.41, 5.74) is 4.76. The van der Waals surface area contributed by atoms with Gasteiger partial charge in [-0.3, -0.25) is 9.59 Å². The third-order valence-electron chi connectivity index (χ3n) is 6.98. The van der Waals surface area contributed by atoms with Gasteiger partial charge in [0.2, 0.25) is 5.91 Å². The molecular formula is C28H34N2O5. The van der Waals surface area contributed by atoms with Crippen molar-refractivity contribution in [1.82, 2.24) is 10.6 Å². The Kier molecular flexibility index (Phi) is 8.40. The number of fused-ring (bicyclic) bond motifs is 3. The van der Waals surface area contributed by atoms with Gasteiger partial charge in [0, 0.05) is 31.3 Å². The topological polar surface area (TPSA) is 105 Å². The lowest BCUT2D eigenvalue weighted by molar-refractivity contribution is -0.137. The second-order valence-electron chi connectivity index (χ2n) is 9.51. The Morgan fingerprint density at radius 2 is 1.49 bits per heavy atom. The lowest BCUT2D eigenvalue weighted by Crippen LogP contribution is -2.30. The first-order valence-corrected chi connectivity index (χ1v) is 12.6. The van der Waals surface area contributed by atoms with Gasteiger partial charge >= 0.3 is 12.1 Å². The Morgan fingerprint density at radius 3 is 2.17 bits per heavy atom. The normalized spacial score (nSPS) is 17.8. The molecule has 0 heterocycles. The number of alkyl carbamates (subject to hydrolysis) is 1. The molecule has 2 aliphatic rings. The maximum Gasteiger partial charge on any atom is 0.407 e. The quantitative estimate of drug-likeness (QED) is 0.362. The highest BCUT2D eigenvalue weighted by atomic mass is 16.5. The number of carbonyl (C=O) groups excluding carboxylic acids is 2. The van der Waals surface area contributed by atoms with Crippen LogP contribution in [-0.4, -0.2) is 42.8 Å². The molecule has 0 aliphatic heterocycles. The van der Waals surface area contributed by atoms with Crippen LogP contribution in [0.5, 0.6) is 0 Å². The SMILES string of the molecule is O=C(O)CCCCCCCNC(=O)[C@H]1C[C@H]1CNC(=O)OCC1c2ccccc2-c2ccccc21. The Labute approximate surface area is 206 Å². The molecule has 3 N–H and O–H groups in total. The van der Waals surface area contributed by atoms with Crippen molar-refractivity contribution < 1.29 is 24.2 Å². The van der Waals surface area contributed by atoms with Gasteiger partial charge < -0.3 is 20.5 Å². The van der Waals surface area contributed by atoms with Crippen molar-refractivity contribution in [1.29, 1.82) is 0 Å². The fraction of sp³-hybridized carbons (Fsp3) is 0.464. The summed E-state index contributed by atoms with van der Waals surface area (Å²) in [4.78, 5) is 35.1. The number of rotatable bonds is 13. The molecule has 2 aliphatic carbocycles. The highest BCUT2D eigenvalue weighted by Gasteiger charge is 2.42. The van der Waals surface area contributed by atoms with E-state index in [0.717, 1.165) is 32.1 Å². The summed E-state index contributed by atoms with van der Waals surface area (Å²) < 4.78 is 5.56. The van der Waals surface area contributed by atoms with E-state index in [0.29, 0.717) is 19.5 Å². The van der Waals surface area contributed by atoms with Crippen LogP contribution in [0, 0.1) is 11.8 Å². The first kappa shape index (κ1) is 24.8. The van der Waals surface area contributed by atoms with E-state index < -0.39 is 12.1 Å². The van der Waals surface area contributed by atoms with Crippen LogP contribution < -0.4 is 10.6 Å². The Morgan fingerprint density at radius 1 is 0.857 bits per heavy atom. The monoisotopic (exact) mass is 478 g/mol. The van der Waals surface area contributed by atoms with Crippen LogP contribution >= 0.6 is 0 Å². The molecule has 0 radical (unpaired) electrons. The van der Waals surface area contributed by atoms with Crippen LogP contribution in [0.3, 0.4) is 0 Å². The predicted octanol–water partition coefficient (Wildman–Crippen LogP) is 4.70. The van der Waals surface area contributed by atoms with Crippen molar-refractivity contribution in [3.8, 4) is 11.1 Å². The minimum atomic E-state index is -0.746.